The maximum Gasteiger partial charge on any atom is 0.223 e. The lowest BCUT2D eigenvalue weighted by molar-refractivity contribution is -0.123. The first-order valence-corrected chi connectivity index (χ1v) is 8.07. The van der Waals surface area contributed by atoms with Gasteiger partial charge in [0.25, 0.3) is 0 Å². The van der Waals surface area contributed by atoms with Gasteiger partial charge in [-0.25, -0.2) is 0 Å². The molecule has 0 spiro atoms. The molecular formula is C18H26N2O. The van der Waals surface area contributed by atoms with Gasteiger partial charge in [0.2, 0.25) is 5.91 Å². The molecule has 1 N–H and O–H groups in total. The molecule has 0 radical (unpaired) electrons. The minimum atomic E-state index is 0.00131. The molecule has 1 heterocycles. The molecule has 2 aliphatic rings. The average Bonchev–Trinajstić information content (AvgIpc) is 3.21. The summed E-state index contributed by atoms with van der Waals surface area (Å²) in [5, 5.41) is 3.16. The van der Waals surface area contributed by atoms with Gasteiger partial charge in [0, 0.05) is 31.1 Å². The van der Waals surface area contributed by atoms with Crippen molar-refractivity contribution < 1.29 is 4.79 Å². The molecule has 3 nitrogen and oxygen atoms in total. The van der Waals surface area contributed by atoms with Gasteiger partial charge in [-0.2, -0.15) is 0 Å². The van der Waals surface area contributed by atoms with Crippen LogP contribution in [0.3, 0.4) is 0 Å². The first kappa shape index (κ1) is 14.6. The summed E-state index contributed by atoms with van der Waals surface area (Å²) in [5.41, 5.74) is 2.90. The Kier molecular flexibility index (Phi) is 3.78. The lowest BCUT2D eigenvalue weighted by Gasteiger charge is -2.41. The van der Waals surface area contributed by atoms with Crippen LogP contribution in [0.15, 0.2) is 24.3 Å². The molecule has 1 fully saturated rings. The Balaban J connectivity index is 1.59. The van der Waals surface area contributed by atoms with E-state index in [-0.39, 0.29) is 17.4 Å². The van der Waals surface area contributed by atoms with Crippen molar-refractivity contribution in [2.75, 3.05) is 13.1 Å². The Morgan fingerprint density at radius 2 is 2.00 bits per heavy atom. The summed E-state index contributed by atoms with van der Waals surface area (Å²) in [6.45, 7) is 9.40. The standard InChI is InChI=1S/C18H26N2O/c1-13-10-16(13)17(21)19-12-18(2,3)20-9-8-14-6-4-5-7-15(14)11-20/h4-7,13,16H,8-12H2,1-3H3,(H,19,21). The molecule has 1 amide bonds. The van der Waals surface area contributed by atoms with E-state index in [0.717, 1.165) is 32.5 Å². The van der Waals surface area contributed by atoms with Crippen LogP contribution in [-0.2, 0) is 17.8 Å². The van der Waals surface area contributed by atoms with Gasteiger partial charge in [0.15, 0.2) is 0 Å². The van der Waals surface area contributed by atoms with Crippen LogP contribution in [0.5, 0.6) is 0 Å². The SMILES string of the molecule is CC1CC1C(=O)NCC(C)(C)N1CCc2ccccc2C1. The van der Waals surface area contributed by atoms with Gasteiger partial charge in [-0.3, -0.25) is 9.69 Å². The van der Waals surface area contributed by atoms with Crippen LogP contribution in [0.2, 0.25) is 0 Å². The van der Waals surface area contributed by atoms with Crippen LogP contribution < -0.4 is 5.32 Å². The van der Waals surface area contributed by atoms with Gasteiger partial charge in [-0.05, 0) is 43.7 Å². The van der Waals surface area contributed by atoms with E-state index >= 15 is 0 Å². The summed E-state index contributed by atoms with van der Waals surface area (Å²) < 4.78 is 0. The summed E-state index contributed by atoms with van der Waals surface area (Å²) in [4.78, 5) is 14.5. The third-order valence-electron chi connectivity index (χ3n) is 5.13. The van der Waals surface area contributed by atoms with Crippen molar-refractivity contribution in [3.63, 3.8) is 0 Å². The highest BCUT2D eigenvalue weighted by Crippen LogP contribution is 2.37. The number of carbonyl (C=O) groups is 1. The smallest absolute Gasteiger partial charge is 0.223 e. The molecule has 1 aromatic carbocycles. The number of hydrogen-bond acceptors (Lipinski definition) is 2. The van der Waals surface area contributed by atoms with Crippen molar-refractivity contribution in [3.8, 4) is 0 Å². The van der Waals surface area contributed by atoms with Gasteiger partial charge < -0.3 is 5.32 Å². The van der Waals surface area contributed by atoms with E-state index in [1.54, 1.807) is 0 Å². The quantitative estimate of drug-likeness (QED) is 0.922. The molecule has 114 valence electrons. The molecule has 0 bridgehead atoms. The highest BCUT2D eigenvalue weighted by molar-refractivity contribution is 5.81. The number of fused-ring (bicyclic) bond motifs is 1. The molecule has 1 aliphatic heterocycles. The Bertz CT molecular complexity index is 538. The molecule has 1 saturated carbocycles. The Morgan fingerprint density at radius 1 is 1.33 bits per heavy atom. The van der Waals surface area contributed by atoms with E-state index in [0.29, 0.717) is 5.92 Å². The highest BCUT2D eigenvalue weighted by Gasteiger charge is 2.40. The van der Waals surface area contributed by atoms with Crippen LogP contribution in [0.1, 0.15) is 38.3 Å². The zero-order valence-electron chi connectivity index (χ0n) is 13.4. The monoisotopic (exact) mass is 286 g/mol. The molecule has 0 aromatic heterocycles. The second kappa shape index (κ2) is 5.45. The van der Waals surface area contributed by atoms with Crippen LogP contribution in [-0.4, -0.2) is 29.4 Å². The zero-order valence-corrected chi connectivity index (χ0v) is 13.4. The predicted octanol–water partition coefficient (Wildman–Crippen LogP) is 2.60. The van der Waals surface area contributed by atoms with E-state index in [1.165, 1.54) is 11.1 Å². The molecule has 3 rings (SSSR count). The summed E-state index contributed by atoms with van der Waals surface area (Å²) in [7, 11) is 0. The first-order valence-electron chi connectivity index (χ1n) is 8.07. The third-order valence-corrected chi connectivity index (χ3v) is 5.13. The van der Waals surface area contributed by atoms with E-state index in [9.17, 15) is 4.79 Å². The maximum absolute atomic E-state index is 12.0. The topological polar surface area (TPSA) is 32.3 Å². The molecular weight excluding hydrogens is 260 g/mol. The highest BCUT2D eigenvalue weighted by atomic mass is 16.2. The minimum Gasteiger partial charge on any atom is -0.354 e. The lowest BCUT2D eigenvalue weighted by Crippen LogP contribution is -2.53. The normalized spacial score (nSPS) is 25.3. The van der Waals surface area contributed by atoms with Crippen molar-refractivity contribution in [2.24, 2.45) is 11.8 Å². The fourth-order valence-corrected chi connectivity index (χ4v) is 3.25. The number of rotatable bonds is 4. The van der Waals surface area contributed by atoms with E-state index in [1.807, 2.05) is 0 Å². The number of benzene rings is 1. The Hall–Kier alpha value is -1.35. The molecule has 2 atom stereocenters. The second-order valence-corrected chi connectivity index (χ2v) is 7.29. The molecule has 21 heavy (non-hydrogen) atoms. The zero-order chi connectivity index (χ0) is 15.0. The predicted molar refractivity (Wildman–Crippen MR) is 84.9 cm³/mol. The summed E-state index contributed by atoms with van der Waals surface area (Å²) >= 11 is 0. The van der Waals surface area contributed by atoms with Gasteiger partial charge in [0.1, 0.15) is 0 Å². The van der Waals surface area contributed by atoms with Crippen molar-refractivity contribution in [1.82, 2.24) is 10.2 Å². The number of hydrogen-bond donors (Lipinski definition) is 1. The minimum absolute atomic E-state index is 0.00131. The Morgan fingerprint density at radius 3 is 2.67 bits per heavy atom. The lowest BCUT2D eigenvalue weighted by atomic mass is 9.94. The van der Waals surface area contributed by atoms with Gasteiger partial charge in [-0.1, -0.05) is 31.2 Å². The average molecular weight is 286 g/mol. The van der Waals surface area contributed by atoms with E-state index in [4.69, 9.17) is 0 Å². The first-order chi connectivity index (χ1) is 9.97. The van der Waals surface area contributed by atoms with Crippen LogP contribution in [0.25, 0.3) is 0 Å². The third kappa shape index (κ3) is 3.13. The Labute approximate surface area is 127 Å². The fraction of sp³-hybridized carbons (Fsp3) is 0.611. The summed E-state index contributed by atoms with van der Waals surface area (Å²) in [6.07, 6.45) is 2.16. The second-order valence-electron chi connectivity index (χ2n) is 7.29. The summed E-state index contributed by atoms with van der Waals surface area (Å²) in [6, 6.07) is 8.69. The summed E-state index contributed by atoms with van der Waals surface area (Å²) in [5.74, 6) is 1.09. The fourth-order valence-electron chi connectivity index (χ4n) is 3.25. The van der Waals surface area contributed by atoms with Crippen LogP contribution in [0.4, 0.5) is 0 Å². The van der Waals surface area contributed by atoms with Gasteiger partial charge >= 0.3 is 0 Å². The van der Waals surface area contributed by atoms with Crippen molar-refractivity contribution in [1.29, 1.82) is 0 Å². The number of nitrogens with one attached hydrogen (secondary N) is 1. The van der Waals surface area contributed by atoms with E-state index in [2.05, 4.69) is 55.3 Å². The molecule has 0 saturated heterocycles. The largest absolute Gasteiger partial charge is 0.354 e. The molecule has 1 aliphatic carbocycles. The van der Waals surface area contributed by atoms with Gasteiger partial charge in [-0.15, -0.1) is 0 Å². The number of nitrogens with zero attached hydrogens (tertiary/aromatic N) is 1. The van der Waals surface area contributed by atoms with Crippen LogP contribution >= 0.6 is 0 Å². The maximum atomic E-state index is 12.0. The van der Waals surface area contributed by atoms with Crippen LogP contribution in [0, 0.1) is 11.8 Å². The van der Waals surface area contributed by atoms with Crippen molar-refractivity contribution in [2.45, 2.75) is 45.7 Å². The van der Waals surface area contributed by atoms with Crippen molar-refractivity contribution in [3.05, 3.63) is 35.4 Å². The van der Waals surface area contributed by atoms with Gasteiger partial charge in [0.05, 0.1) is 0 Å². The molecule has 3 heteroatoms. The number of carbonyl (C=O) groups excluding carboxylic acids is 1. The van der Waals surface area contributed by atoms with E-state index < -0.39 is 0 Å². The molecule has 1 aromatic rings. The molecule has 2 unspecified atom stereocenters. The number of amides is 1. The van der Waals surface area contributed by atoms with Crippen molar-refractivity contribution >= 4 is 5.91 Å².